The highest BCUT2D eigenvalue weighted by atomic mass is 32.1. The van der Waals surface area contributed by atoms with Crippen LogP contribution in [-0.4, -0.2) is 46.6 Å². The predicted octanol–water partition coefficient (Wildman–Crippen LogP) is 0.723. The zero-order valence-electron chi connectivity index (χ0n) is 12.6. The van der Waals surface area contributed by atoms with E-state index >= 15 is 0 Å². The third-order valence-corrected chi connectivity index (χ3v) is 6.34. The summed E-state index contributed by atoms with van der Waals surface area (Å²) in [6.07, 6.45) is 6.56. The first-order chi connectivity index (χ1) is 10.6. The third kappa shape index (κ3) is 2.26. The summed E-state index contributed by atoms with van der Waals surface area (Å²) in [7, 11) is 0. The third-order valence-electron chi connectivity index (χ3n) is 5.97. The Balaban J connectivity index is 1.33. The molecule has 6 nitrogen and oxygen atoms in total. The molecule has 7 heteroatoms. The molecule has 2 heterocycles. The molecule has 0 radical (unpaired) electrons. The van der Waals surface area contributed by atoms with Crippen molar-refractivity contribution in [3.63, 3.8) is 0 Å². The van der Waals surface area contributed by atoms with Crippen LogP contribution in [0, 0.1) is 11.8 Å². The number of fused-ring (bicyclic) bond motifs is 2. The number of likely N-dealkylation sites (tertiary alicyclic amines) is 1. The van der Waals surface area contributed by atoms with Gasteiger partial charge in [-0.3, -0.25) is 10.1 Å². The molecule has 2 saturated heterocycles. The second kappa shape index (κ2) is 5.08. The SMILES string of the molecule is O=C1NC(=O)C2(CCN(C(=S)N[C@H]3C[C@H]4CC[C@H]3C4)CC2)N1. The van der Waals surface area contributed by atoms with Crippen molar-refractivity contribution in [2.24, 2.45) is 11.8 Å². The largest absolute Gasteiger partial charge is 0.360 e. The Hall–Kier alpha value is -1.37. The van der Waals surface area contributed by atoms with Gasteiger partial charge in [-0.05, 0) is 56.2 Å². The second-order valence-electron chi connectivity index (χ2n) is 7.21. The maximum atomic E-state index is 11.9. The topological polar surface area (TPSA) is 73.5 Å². The van der Waals surface area contributed by atoms with Gasteiger partial charge in [-0.1, -0.05) is 6.42 Å². The van der Waals surface area contributed by atoms with Crippen LogP contribution in [0.25, 0.3) is 0 Å². The van der Waals surface area contributed by atoms with Crippen LogP contribution in [0.2, 0.25) is 0 Å². The van der Waals surface area contributed by atoms with Gasteiger partial charge in [0.05, 0.1) is 0 Å². The van der Waals surface area contributed by atoms with Gasteiger partial charge in [0.25, 0.3) is 5.91 Å². The van der Waals surface area contributed by atoms with E-state index in [1.807, 2.05) is 0 Å². The normalized spacial score (nSPS) is 35.6. The van der Waals surface area contributed by atoms with Crippen LogP contribution in [0.5, 0.6) is 0 Å². The monoisotopic (exact) mass is 322 g/mol. The van der Waals surface area contributed by atoms with Crippen LogP contribution in [0.1, 0.15) is 38.5 Å². The molecule has 0 aromatic heterocycles. The molecule has 3 amide bonds. The van der Waals surface area contributed by atoms with Crippen molar-refractivity contribution in [2.45, 2.75) is 50.1 Å². The van der Waals surface area contributed by atoms with Gasteiger partial charge < -0.3 is 15.5 Å². The van der Waals surface area contributed by atoms with Crippen molar-refractivity contribution >= 4 is 29.3 Å². The number of rotatable bonds is 1. The number of nitrogens with one attached hydrogen (secondary N) is 3. The first-order valence-corrected chi connectivity index (χ1v) is 8.66. The second-order valence-corrected chi connectivity index (χ2v) is 7.59. The van der Waals surface area contributed by atoms with E-state index in [0.717, 1.165) is 16.9 Å². The van der Waals surface area contributed by atoms with Crippen molar-refractivity contribution in [3.8, 4) is 0 Å². The molecule has 22 heavy (non-hydrogen) atoms. The van der Waals surface area contributed by atoms with E-state index in [2.05, 4.69) is 20.9 Å². The number of hydrogen-bond donors (Lipinski definition) is 3. The summed E-state index contributed by atoms with van der Waals surface area (Å²) >= 11 is 5.57. The molecule has 4 rings (SSSR count). The average Bonchev–Trinajstić information content (AvgIpc) is 3.16. The summed E-state index contributed by atoms with van der Waals surface area (Å²) in [5.41, 5.74) is -0.713. The Morgan fingerprint density at radius 3 is 2.55 bits per heavy atom. The summed E-state index contributed by atoms with van der Waals surface area (Å²) in [6, 6.07) is 0.165. The Labute approximate surface area is 135 Å². The van der Waals surface area contributed by atoms with E-state index < -0.39 is 5.54 Å². The van der Waals surface area contributed by atoms with Crippen LogP contribution < -0.4 is 16.0 Å². The summed E-state index contributed by atoms with van der Waals surface area (Å²) in [5, 5.41) is 9.49. The van der Waals surface area contributed by atoms with Crippen molar-refractivity contribution in [1.82, 2.24) is 20.9 Å². The van der Waals surface area contributed by atoms with Gasteiger partial charge in [0.15, 0.2) is 5.11 Å². The lowest BCUT2D eigenvalue weighted by Gasteiger charge is -2.39. The number of imide groups is 1. The molecular weight excluding hydrogens is 300 g/mol. The fraction of sp³-hybridized carbons (Fsp3) is 0.800. The van der Waals surface area contributed by atoms with Crippen molar-refractivity contribution < 1.29 is 9.59 Å². The van der Waals surface area contributed by atoms with Gasteiger partial charge >= 0.3 is 6.03 Å². The maximum absolute atomic E-state index is 11.9. The summed E-state index contributed by atoms with van der Waals surface area (Å²) in [4.78, 5) is 25.4. The van der Waals surface area contributed by atoms with Gasteiger partial charge in [0.2, 0.25) is 0 Å². The number of amides is 3. The highest BCUT2D eigenvalue weighted by molar-refractivity contribution is 7.80. The minimum Gasteiger partial charge on any atom is -0.360 e. The van der Waals surface area contributed by atoms with Crippen LogP contribution in [-0.2, 0) is 4.79 Å². The fourth-order valence-corrected chi connectivity index (χ4v) is 4.98. The first kappa shape index (κ1) is 14.2. The average molecular weight is 322 g/mol. The predicted molar refractivity (Wildman–Crippen MR) is 85.2 cm³/mol. The standard InChI is InChI=1S/C15H22N4O2S/c20-12-15(18-13(21)17-12)3-5-19(6-4-15)14(22)16-11-8-9-1-2-10(11)7-9/h9-11H,1-8H2,(H,16,22)(H2,17,18,20,21)/t9-,10-,11-/m0/s1. The lowest BCUT2D eigenvalue weighted by molar-refractivity contribution is -0.125. The number of carbonyl (C=O) groups is 2. The Kier molecular flexibility index (Phi) is 3.29. The highest BCUT2D eigenvalue weighted by Gasteiger charge is 2.48. The van der Waals surface area contributed by atoms with Crippen LogP contribution in [0.4, 0.5) is 4.79 Å². The van der Waals surface area contributed by atoms with E-state index in [9.17, 15) is 9.59 Å². The maximum Gasteiger partial charge on any atom is 0.322 e. The van der Waals surface area contributed by atoms with Gasteiger partial charge in [-0.2, -0.15) is 0 Å². The molecule has 3 atom stereocenters. The zero-order chi connectivity index (χ0) is 15.3. The Morgan fingerprint density at radius 2 is 2.00 bits per heavy atom. The van der Waals surface area contributed by atoms with Crippen molar-refractivity contribution in [1.29, 1.82) is 0 Å². The molecular formula is C15H22N4O2S. The molecule has 0 unspecified atom stereocenters. The molecule has 0 aromatic carbocycles. The van der Waals surface area contributed by atoms with Gasteiger partial charge in [0.1, 0.15) is 5.54 Å². The van der Waals surface area contributed by atoms with Gasteiger partial charge in [-0.25, -0.2) is 4.79 Å². The van der Waals surface area contributed by atoms with E-state index in [-0.39, 0.29) is 11.9 Å². The lowest BCUT2D eigenvalue weighted by Crippen LogP contribution is -2.58. The smallest absolute Gasteiger partial charge is 0.322 e. The van der Waals surface area contributed by atoms with E-state index in [1.54, 1.807) is 0 Å². The number of piperidine rings is 1. The molecule has 2 aliphatic heterocycles. The van der Waals surface area contributed by atoms with Crippen LogP contribution >= 0.6 is 12.2 Å². The fourth-order valence-electron chi connectivity index (χ4n) is 4.64. The molecule has 2 saturated carbocycles. The number of thiocarbonyl (C=S) groups is 1. The van der Waals surface area contributed by atoms with Crippen molar-refractivity contribution in [3.05, 3.63) is 0 Å². The van der Waals surface area contributed by atoms with E-state index in [0.29, 0.717) is 32.0 Å². The van der Waals surface area contributed by atoms with Crippen LogP contribution in [0.15, 0.2) is 0 Å². The highest BCUT2D eigenvalue weighted by Crippen LogP contribution is 2.44. The number of urea groups is 1. The molecule has 4 aliphatic rings. The van der Waals surface area contributed by atoms with E-state index in [1.165, 1.54) is 25.7 Å². The Bertz CT molecular complexity index is 530. The lowest BCUT2D eigenvalue weighted by atomic mass is 9.88. The quantitative estimate of drug-likeness (QED) is 0.490. The summed E-state index contributed by atoms with van der Waals surface area (Å²) in [5.74, 6) is 1.50. The molecule has 120 valence electrons. The molecule has 1 spiro atoms. The minimum absolute atomic E-state index is 0.191. The molecule has 0 aromatic rings. The molecule has 2 bridgehead atoms. The van der Waals surface area contributed by atoms with Crippen LogP contribution in [0.3, 0.4) is 0 Å². The number of nitrogens with zero attached hydrogens (tertiary/aromatic N) is 1. The molecule has 2 aliphatic carbocycles. The van der Waals surface area contributed by atoms with Gasteiger partial charge in [0, 0.05) is 19.1 Å². The van der Waals surface area contributed by atoms with E-state index in [4.69, 9.17) is 12.2 Å². The number of hydrogen-bond acceptors (Lipinski definition) is 3. The summed E-state index contributed by atoms with van der Waals surface area (Å²) < 4.78 is 0. The summed E-state index contributed by atoms with van der Waals surface area (Å²) in [6.45, 7) is 1.42. The zero-order valence-corrected chi connectivity index (χ0v) is 13.4. The molecule has 3 N–H and O–H groups in total. The molecule has 4 fully saturated rings. The Morgan fingerprint density at radius 1 is 1.23 bits per heavy atom. The number of carbonyl (C=O) groups excluding carboxylic acids is 2. The first-order valence-electron chi connectivity index (χ1n) is 8.25. The van der Waals surface area contributed by atoms with Gasteiger partial charge in [-0.15, -0.1) is 0 Å². The minimum atomic E-state index is -0.713. The van der Waals surface area contributed by atoms with Crippen molar-refractivity contribution in [2.75, 3.05) is 13.1 Å².